The van der Waals surface area contributed by atoms with Crippen molar-refractivity contribution < 1.29 is 14.4 Å². The summed E-state index contributed by atoms with van der Waals surface area (Å²) >= 11 is 2.18. The highest BCUT2D eigenvalue weighted by Gasteiger charge is 2.12. The number of aliphatic imine (C=N–C) groups is 1. The Balaban J connectivity index is 4.30. The molecule has 0 saturated carbocycles. The smallest absolute Gasteiger partial charge is 0.321 e. The number of amides is 2. The van der Waals surface area contributed by atoms with Gasteiger partial charge in [-0.05, 0) is 19.1 Å². The van der Waals surface area contributed by atoms with Gasteiger partial charge in [-0.2, -0.15) is 0 Å². The average molecular weight is 314 g/mol. The summed E-state index contributed by atoms with van der Waals surface area (Å²) in [6.07, 6.45) is 3.89. The summed E-state index contributed by atoms with van der Waals surface area (Å²) in [5, 5.41) is -0.264. The monoisotopic (exact) mass is 314 g/mol. The van der Waals surface area contributed by atoms with Gasteiger partial charge in [-0.1, -0.05) is 36.7 Å². The molecule has 0 aliphatic rings. The Morgan fingerprint density at radius 1 is 1.05 bits per heavy atom. The Morgan fingerprint density at radius 2 is 1.50 bits per heavy atom. The molecule has 0 radical (unpaired) electrons. The number of carbonyl (C=O) groups is 3. The van der Waals surface area contributed by atoms with Crippen molar-refractivity contribution in [3.05, 3.63) is 25.3 Å². The van der Waals surface area contributed by atoms with Gasteiger partial charge in [-0.3, -0.25) is 9.59 Å². The molecule has 0 aliphatic heterocycles. The molecule has 0 aromatic heterocycles. The molecular formula is C13H18N2O3S2. The maximum atomic E-state index is 11.7. The van der Waals surface area contributed by atoms with Crippen LogP contribution in [-0.2, 0) is 9.59 Å². The summed E-state index contributed by atoms with van der Waals surface area (Å²) in [5.74, 6) is 0.936. The van der Waals surface area contributed by atoms with Gasteiger partial charge in [-0.15, -0.1) is 0 Å². The molecule has 0 aromatic carbocycles. The van der Waals surface area contributed by atoms with E-state index in [0.717, 1.165) is 23.5 Å². The van der Waals surface area contributed by atoms with E-state index in [4.69, 9.17) is 0 Å². The fraction of sp³-hybridized carbons (Fsp3) is 0.385. The predicted octanol–water partition coefficient (Wildman–Crippen LogP) is 2.39. The van der Waals surface area contributed by atoms with E-state index in [1.54, 1.807) is 6.92 Å². The Kier molecular flexibility index (Phi) is 10.7. The third kappa shape index (κ3) is 8.71. The summed E-state index contributed by atoms with van der Waals surface area (Å²) in [5.41, 5.74) is 0. The molecule has 20 heavy (non-hydrogen) atoms. The highest BCUT2D eigenvalue weighted by Crippen LogP contribution is 2.08. The minimum absolute atomic E-state index is 0.132. The van der Waals surface area contributed by atoms with E-state index >= 15 is 0 Å². The van der Waals surface area contributed by atoms with Crippen LogP contribution >= 0.6 is 23.5 Å². The van der Waals surface area contributed by atoms with Crippen LogP contribution in [0.2, 0.25) is 0 Å². The van der Waals surface area contributed by atoms with Crippen molar-refractivity contribution in [2.75, 3.05) is 24.6 Å². The van der Waals surface area contributed by atoms with E-state index in [9.17, 15) is 14.4 Å². The van der Waals surface area contributed by atoms with Gasteiger partial charge in [-0.25, -0.2) is 9.79 Å². The first-order valence-corrected chi connectivity index (χ1v) is 7.88. The molecular weight excluding hydrogens is 296 g/mol. The molecule has 0 aromatic rings. The molecule has 0 saturated heterocycles. The van der Waals surface area contributed by atoms with E-state index < -0.39 is 0 Å². The van der Waals surface area contributed by atoms with Crippen LogP contribution in [-0.4, -0.2) is 52.0 Å². The van der Waals surface area contributed by atoms with Crippen LogP contribution in [0.1, 0.15) is 6.92 Å². The lowest BCUT2D eigenvalue weighted by Crippen LogP contribution is -2.33. The summed E-state index contributed by atoms with van der Waals surface area (Å²) in [6.45, 7) is 9.19. The van der Waals surface area contributed by atoms with E-state index in [1.165, 1.54) is 23.3 Å². The van der Waals surface area contributed by atoms with Crippen molar-refractivity contribution in [3.8, 4) is 0 Å². The van der Waals surface area contributed by atoms with E-state index in [1.807, 2.05) is 0 Å². The third-order valence-electron chi connectivity index (χ3n) is 2.05. The molecule has 0 aliphatic carbocycles. The van der Waals surface area contributed by atoms with Gasteiger partial charge in [0.25, 0.3) is 0 Å². The van der Waals surface area contributed by atoms with E-state index in [0.29, 0.717) is 24.6 Å². The first-order valence-electron chi connectivity index (χ1n) is 5.91. The quantitative estimate of drug-likeness (QED) is 0.508. The highest BCUT2D eigenvalue weighted by molar-refractivity contribution is 8.14. The molecule has 0 atom stereocenters. The summed E-state index contributed by atoms with van der Waals surface area (Å²) in [4.78, 5) is 39.1. The van der Waals surface area contributed by atoms with Crippen LogP contribution in [0.15, 0.2) is 30.3 Å². The van der Waals surface area contributed by atoms with E-state index in [2.05, 4.69) is 18.2 Å². The lowest BCUT2D eigenvalue weighted by molar-refractivity contribution is -0.107. The molecule has 0 heterocycles. The molecule has 0 unspecified atom stereocenters. The number of hydrogen-bond acceptors (Lipinski definition) is 5. The van der Waals surface area contributed by atoms with Crippen LogP contribution < -0.4 is 0 Å². The fourth-order valence-corrected chi connectivity index (χ4v) is 2.39. The van der Waals surface area contributed by atoms with E-state index in [-0.39, 0.29) is 16.3 Å². The number of urea groups is 1. The minimum atomic E-state index is -0.370. The van der Waals surface area contributed by atoms with Crippen molar-refractivity contribution in [2.24, 2.45) is 4.99 Å². The third-order valence-corrected chi connectivity index (χ3v) is 3.73. The van der Waals surface area contributed by atoms with Gasteiger partial charge in [0.15, 0.2) is 0 Å². The second kappa shape index (κ2) is 11.5. The SMILES string of the molecule is C=CC(=O)SCCN(CCSC(=O)C=C)C(=O)N=CC. The van der Waals surface area contributed by atoms with Gasteiger partial charge < -0.3 is 4.90 Å². The van der Waals surface area contributed by atoms with Crippen LogP contribution in [0.25, 0.3) is 0 Å². The topological polar surface area (TPSA) is 66.8 Å². The van der Waals surface area contributed by atoms with Gasteiger partial charge in [0.1, 0.15) is 0 Å². The lowest BCUT2D eigenvalue weighted by Gasteiger charge is -2.19. The average Bonchev–Trinajstić information content (AvgIpc) is 2.45. The molecule has 0 spiro atoms. The molecule has 5 nitrogen and oxygen atoms in total. The van der Waals surface area contributed by atoms with Gasteiger partial charge in [0.2, 0.25) is 10.2 Å². The normalized spacial score (nSPS) is 10.2. The van der Waals surface area contributed by atoms with Crippen molar-refractivity contribution >= 4 is 46.0 Å². The number of thioether (sulfide) groups is 2. The van der Waals surface area contributed by atoms with Crippen LogP contribution in [0.5, 0.6) is 0 Å². The highest BCUT2D eigenvalue weighted by atomic mass is 32.2. The zero-order valence-electron chi connectivity index (χ0n) is 11.4. The molecule has 0 N–H and O–H groups in total. The zero-order chi connectivity index (χ0) is 15.4. The molecule has 110 valence electrons. The van der Waals surface area contributed by atoms with Crippen LogP contribution in [0.3, 0.4) is 0 Å². The van der Waals surface area contributed by atoms with Crippen LogP contribution in [0.4, 0.5) is 4.79 Å². The second-order valence-electron chi connectivity index (χ2n) is 3.40. The first kappa shape index (κ1) is 18.7. The molecule has 2 amide bonds. The minimum Gasteiger partial charge on any atom is -0.321 e. The number of hydrogen-bond donors (Lipinski definition) is 0. The Hall–Kier alpha value is -1.34. The summed E-state index contributed by atoms with van der Waals surface area (Å²) in [7, 11) is 0. The predicted molar refractivity (Wildman–Crippen MR) is 86.5 cm³/mol. The molecule has 0 rings (SSSR count). The number of rotatable bonds is 8. The zero-order valence-corrected chi connectivity index (χ0v) is 13.0. The Labute approximate surface area is 127 Å². The lowest BCUT2D eigenvalue weighted by atomic mass is 10.5. The summed E-state index contributed by atoms with van der Waals surface area (Å²) < 4.78 is 0. The van der Waals surface area contributed by atoms with Crippen molar-refractivity contribution in [1.29, 1.82) is 0 Å². The number of carbonyl (C=O) groups excluding carboxylic acids is 3. The van der Waals surface area contributed by atoms with Gasteiger partial charge in [0, 0.05) is 30.8 Å². The summed E-state index contributed by atoms with van der Waals surface area (Å²) in [6, 6.07) is -0.370. The second-order valence-corrected chi connectivity index (χ2v) is 5.60. The largest absolute Gasteiger partial charge is 0.343 e. The molecule has 0 fully saturated rings. The van der Waals surface area contributed by atoms with Gasteiger partial charge >= 0.3 is 6.03 Å². The fourth-order valence-electron chi connectivity index (χ4n) is 1.13. The van der Waals surface area contributed by atoms with Crippen molar-refractivity contribution in [3.63, 3.8) is 0 Å². The number of nitrogens with zero attached hydrogens (tertiary/aromatic N) is 2. The maximum absolute atomic E-state index is 11.7. The maximum Gasteiger partial charge on any atom is 0.343 e. The Morgan fingerprint density at radius 3 is 1.85 bits per heavy atom. The first-order chi connectivity index (χ1) is 9.54. The van der Waals surface area contributed by atoms with Crippen molar-refractivity contribution in [2.45, 2.75) is 6.92 Å². The Bertz CT molecular complexity index is 382. The van der Waals surface area contributed by atoms with Crippen LogP contribution in [0, 0.1) is 0 Å². The van der Waals surface area contributed by atoms with Gasteiger partial charge in [0.05, 0.1) is 0 Å². The van der Waals surface area contributed by atoms with Crippen molar-refractivity contribution in [1.82, 2.24) is 4.90 Å². The molecule has 7 heteroatoms. The standard InChI is InChI=1S/C13H18N2O3S2/c1-4-11(16)19-9-7-15(13(18)14-6-3)8-10-20-12(17)5-2/h4-6H,1-2,7-10H2,3H3. The molecule has 0 bridgehead atoms.